The molecule has 0 bridgehead atoms. The molecular formula is C25H33N5O. The standard InChI is InChI=1S/C25H33N5O/c1-25(2,3)19-30(24-10-13-27-23(17-26)28-24)18-21-8-6-20(7-9-21)5-4-14-29-15-11-22(31)12-16-29/h6-10,13H,4-5,11-12,14-16,18-19H2,1-3H3. The van der Waals surface area contributed by atoms with Gasteiger partial charge in [0.2, 0.25) is 5.82 Å². The smallest absolute Gasteiger partial charge is 0.234 e. The molecule has 31 heavy (non-hydrogen) atoms. The highest BCUT2D eigenvalue weighted by Gasteiger charge is 2.19. The van der Waals surface area contributed by atoms with Crippen LogP contribution in [0.2, 0.25) is 0 Å². The van der Waals surface area contributed by atoms with E-state index in [-0.39, 0.29) is 11.2 Å². The summed E-state index contributed by atoms with van der Waals surface area (Å²) in [5.74, 6) is 1.38. The van der Waals surface area contributed by atoms with Crippen molar-refractivity contribution < 1.29 is 4.79 Å². The van der Waals surface area contributed by atoms with E-state index in [1.165, 1.54) is 11.1 Å². The number of aryl methyl sites for hydroxylation is 1. The molecule has 0 aliphatic carbocycles. The average Bonchev–Trinajstić information content (AvgIpc) is 2.75. The molecule has 0 radical (unpaired) electrons. The van der Waals surface area contributed by atoms with Crippen LogP contribution in [0.1, 0.15) is 57.0 Å². The maximum Gasteiger partial charge on any atom is 0.234 e. The van der Waals surface area contributed by atoms with Crippen molar-refractivity contribution in [3.63, 3.8) is 0 Å². The number of carbonyl (C=O) groups excluding carboxylic acids is 1. The van der Waals surface area contributed by atoms with E-state index in [2.05, 4.69) is 64.8 Å². The minimum Gasteiger partial charge on any atom is -0.352 e. The summed E-state index contributed by atoms with van der Waals surface area (Å²) in [5.41, 5.74) is 2.66. The monoisotopic (exact) mass is 419 g/mol. The van der Waals surface area contributed by atoms with Gasteiger partial charge in [0.25, 0.3) is 0 Å². The van der Waals surface area contributed by atoms with E-state index in [0.717, 1.165) is 51.4 Å². The van der Waals surface area contributed by atoms with E-state index in [4.69, 9.17) is 5.26 Å². The first kappa shape index (κ1) is 22.9. The second-order valence-corrected chi connectivity index (χ2v) is 9.57. The Labute approximate surface area is 185 Å². The van der Waals surface area contributed by atoms with E-state index in [1.807, 2.05) is 12.1 Å². The molecule has 6 nitrogen and oxygen atoms in total. The minimum absolute atomic E-state index is 0.0940. The fraction of sp³-hybridized carbons (Fsp3) is 0.520. The minimum atomic E-state index is 0.0940. The zero-order chi connectivity index (χ0) is 22.3. The summed E-state index contributed by atoms with van der Waals surface area (Å²) < 4.78 is 0. The molecule has 6 heteroatoms. The zero-order valence-corrected chi connectivity index (χ0v) is 19.0. The summed E-state index contributed by atoms with van der Waals surface area (Å²) in [5, 5.41) is 9.15. The molecular weight excluding hydrogens is 386 g/mol. The Morgan fingerprint density at radius 3 is 2.42 bits per heavy atom. The molecule has 0 amide bonds. The Kier molecular flexibility index (Phi) is 7.75. The topological polar surface area (TPSA) is 73.1 Å². The van der Waals surface area contributed by atoms with Crippen molar-refractivity contribution >= 4 is 11.6 Å². The number of anilines is 1. The van der Waals surface area contributed by atoms with Gasteiger partial charge < -0.3 is 9.80 Å². The summed E-state index contributed by atoms with van der Waals surface area (Å²) >= 11 is 0. The molecule has 1 aromatic heterocycles. The first-order valence-electron chi connectivity index (χ1n) is 11.1. The fourth-order valence-corrected chi connectivity index (χ4v) is 3.93. The van der Waals surface area contributed by atoms with Crippen molar-refractivity contribution in [2.45, 2.75) is 53.0 Å². The molecule has 1 aliphatic rings. The normalized spacial score (nSPS) is 15.0. The predicted octanol–water partition coefficient (Wildman–Crippen LogP) is 4.00. The van der Waals surface area contributed by atoms with Crippen molar-refractivity contribution in [1.82, 2.24) is 14.9 Å². The van der Waals surface area contributed by atoms with Crippen molar-refractivity contribution in [2.75, 3.05) is 31.1 Å². The third-order valence-electron chi connectivity index (χ3n) is 5.48. The number of rotatable bonds is 8. The van der Waals surface area contributed by atoms with E-state index in [9.17, 15) is 4.79 Å². The number of aromatic nitrogens is 2. The molecule has 1 aliphatic heterocycles. The number of piperidine rings is 1. The van der Waals surface area contributed by atoms with E-state index >= 15 is 0 Å². The largest absolute Gasteiger partial charge is 0.352 e. The van der Waals surface area contributed by atoms with Gasteiger partial charge in [0, 0.05) is 45.2 Å². The molecule has 0 saturated carbocycles. The van der Waals surface area contributed by atoms with Crippen LogP contribution in [0.15, 0.2) is 36.5 Å². The fourth-order valence-electron chi connectivity index (χ4n) is 3.93. The van der Waals surface area contributed by atoms with Crippen LogP contribution in [0, 0.1) is 16.7 Å². The Bertz CT molecular complexity index is 901. The number of carbonyl (C=O) groups is 1. The second-order valence-electron chi connectivity index (χ2n) is 9.57. The first-order valence-corrected chi connectivity index (χ1v) is 11.1. The molecule has 164 valence electrons. The number of nitrogens with zero attached hydrogens (tertiary/aromatic N) is 5. The van der Waals surface area contributed by atoms with Gasteiger partial charge in [-0.3, -0.25) is 4.79 Å². The van der Waals surface area contributed by atoms with Crippen molar-refractivity contribution in [3.8, 4) is 6.07 Å². The number of ketones is 1. The lowest BCUT2D eigenvalue weighted by Gasteiger charge is -2.31. The van der Waals surface area contributed by atoms with Gasteiger partial charge in [0.05, 0.1) is 0 Å². The molecule has 0 unspecified atom stereocenters. The van der Waals surface area contributed by atoms with Crippen molar-refractivity contribution in [2.24, 2.45) is 5.41 Å². The summed E-state index contributed by atoms with van der Waals surface area (Å²) in [6.45, 7) is 11.1. The molecule has 0 N–H and O–H groups in total. The molecule has 0 spiro atoms. The summed E-state index contributed by atoms with van der Waals surface area (Å²) in [6, 6.07) is 12.7. The van der Waals surface area contributed by atoms with Gasteiger partial charge in [-0.2, -0.15) is 5.26 Å². The van der Waals surface area contributed by atoms with Crippen LogP contribution < -0.4 is 4.90 Å². The highest BCUT2D eigenvalue weighted by Crippen LogP contribution is 2.22. The van der Waals surface area contributed by atoms with Crippen LogP contribution >= 0.6 is 0 Å². The Balaban J connectivity index is 1.58. The van der Waals surface area contributed by atoms with Gasteiger partial charge in [0.15, 0.2) is 0 Å². The van der Waals surface area contributed by atoms with Gasteiger partial charge in [-0.25, -0.2) is 9.97 Å². The van der Waals surface area contributed by atoms with E-state index in [0.29, 0.717) is 18.6 Å². The molecule has 0 atom stereocenters. The Hall–Kier alpha value is -2.78. The van der Waals surface area contributed by atoms with Crippen LogP contribution in [-0.4, -0.2) is 46.8 Å². The Morgan fingerprint density at radius 1 is 1.10 bits per heavy atom. The van der Waals surface area contributed by atoms with Gasteiger partial charge in [-0.15, -0.1) is 0 Å². The number of Topliss-reactive ketones (excluding diaryl/α,β-unsaturated/α-hetero) is 1. The van der Waals surface area contributed by atoms with Crippen LogP contribution in [-0.2, 0) is 17.8 Å². The number of nitriles is 1. The lowest BCUT2D eigenvalue weighted by atomic mass is 9.95. The highest BCUT2D eigenvalue weighted by atomic mass is 16.1. The maximum atomic E-state index is 11.4. The number of benzene rings is 1. The van der Waals surface area contributed by atoms with E-state index in [1.54, 1.807) is 6.20 Å². The van der Waals surface area contributed by atoms with Gasteiger partial charge >= 0.3 is 0 Å². The van der Waals surface area contributed by atoms with E-state index < -0.39 is 0 Å². The lowest BCUT2D eigenvalue weighted by molar-refractivity contribution is -0.121. The van der Waals surface area contributed by atoms with Crippen LogP contribution in [0.25, 0.3) is 0 Å². The first-order chi connectivity index (χ1) is 14.8. The lowest BCUT2D eigenvalue weighted by Crippen LogP contribution is -2.34. The van der Waals surface area contributed by atoms with Crippen molar-refractivity contribution in [1.29, 1.82) is 5.26 Å². The quantitative estimate of drug-likeness (QED) is 0.644. The average molecular weight is 420 g/mol. The molecule has 1 fully saturated rings. The summed E-state index contributed by atoms with van der Waals surface area (Å²) in [7, 11) is 0. The van der Waals surface area contributed by atoms with Crippen molar-refractivity contribution in [3.05, 3.63) is 53.5 Å². The Morgan fingerprint density at radius 2 is 1.77 bits per heavy atom. The highest BCUT2D eigenvalue weighted by molar-refractivity contribution is 5.79. The number of hydrogen-bond donors (Lipinski definition) is 0. The van der Waals surface area contributed by atoms with Gasteiger partial charge in [0.1, 0.15) is 17.7 Å². The van der Waals surface area contributed by atoms with Gasteiger partial charge in [-0.05, 0) is 42.0 Å². The molecule has 1 saturated heterocycles. The molecule has 2 heterocycles. The van der Waals surface area contributed by atoms with Gasteiger partial charge in [-0.1, -0.05) is 45.0 Å². The van der Waals surface area contributed by atoms with Crippen LogP contribution in [0.5, 0.6) is 0 Å². The predicted molar refractivity (Wildman–Crippen MR) is 123 cm³/mol. The molecule has 2 aromatic rings. The molecule has 3 rings (SSSR count). The second kappa shape index (κ2) is 10.5. The summed E-state index contributed by atoms with van der Waals surface area (Å²) in [4.78, 5) is 24.4. The SMILES string of the molecule is CC(C)(C)CN(Cc1ccc(CCCN2CCC(=O)CC2)cc1)c1ccnc(C#N)n1. The summed E-state index contributed by atoms with van der Waals surface area (Å²) in [6.07, 6.45) is 5.23. The third kappa shape index (κ3) is 7.45. The van der Waals surface area contributed by atoms with Crippen LogP contribution in [0.3, 0.4) is 0 Å². The third-order valence-corrected chi connectivity index (χ3v) is 5.48. The number of likely N-dealkylation sites (tertiary alicyclic amines) is 1. The van der Waals surface area contributed by atoms with Crippen LogP contribution in [0.4, 0.5) is 5.82 Å². The zero-order valence-electron chi connectivity index (χ0n) is 19.0. The maximum absolute atomic E-state index is 11.4. The number of hydrogen-bond acceptors (Lipinski definition) is 6. The molecule has 1 aromatic carbocycles.